The molecule has 8 atom stereocenters. The predicted molar refractivity (Wildman–Crippen MR) is 124 cm³/mol. The SMILES string of the molecule is CC1CC(C(C2CCC(N)C(C)C2)C2(N)CC(C)(C)CC(C)(CN)C2)CCC1N. The van der Waals surface area contributed by atoms with Crippen LogP contribution in [-0.4, -0.2) is 24.2 Å². The lowest BCUT2D eigenvalue weighted by Crippen LogP contribution is -2.62. The number of nitrogens with two attached hydrogens (primary N) is 4. The molecule has 0 heterocycles. The Labute approximate surface area is 180 Å². The van der Waals surface area contributed by atoms with Crippen LogP contribution in [0.3, 0.4) is 0 Å². The highest BCUT2D eigenvalue weighted by molar-refractivity contribution is 5.09. The van der Waals surface area contributed by atoms with E-state index in [2.05, 4.69) is 34.6 Å². The summed E-state index contributed by atoms with van der Waals surface area (Å²) < 4.78 is 0. The summed E-state index contributed by atoms with van der Waals surface area (Å²) in [6.45, 7) is 12.6. The first-order valence-corrected chi connectivity index (χ1v) is 12.4. The molecule has 0 radical (unpaired) electrons. The zero-order valence-corrected chi connectivity index (χ0v) is 19.9. The fraction of sp³-hybridized carbons (Fsp3) is 1.00. The van der Waals surface area contributed by atoms with Crippen molar-refractivity contribution in [2.45, 2.75) is 110 Å². The first kappa shape index (κ1) is 23.5. The highest BCUT2D eigenvalue weighted by Gasteiger charge is 2.54. The predicted octanol–water partition coefficient (Wildman–Crippen LogP) is 4.00. The van der Waals surface area contributed by atoms with E-state index in [1.54, 1.807) is 0 Å². The van der Waals surface area contributed by atoms with E-state index in [0.717, 1.165) is 32.2 Å². The van der Waals surface area contributed by atoms with Crippen molar-refractivity contribution in [1.82, 2.24) is 0 Å². The van der Waals surface area contributed by atoms with Crippen molar-refractivity contribution < 1.29 is 0 Å². The smallest absolute Gasteiger partial charge is 0.0199 e. The van der Waals surface area contributed by atoms with Crippen LogP contribution in [0.2, 0.25) is 0 Å². The van der Waals surface area contributed by atoms with E-state index >= 15 is 0 Å². The molecule has 4 heteroatoms. The van der Waals surface area contributed by atoms with Gasteiger partial charge in [-0.2, -0.15) is 0 Å². The Bertz CT molecular complexity index is 537. The van der Waals surface area contributed by atoms with Gasteiger partial charge in [-0.15, -0.1) is 0 Å². The van der Waals surface area contributed by atoms with Gasteiger partial charge in [0.25, 0.3) is 0 Å². The zero-order chi connectivity index (χ0) is 21.6. The average Bonchev–Trinajstić information content (AvgIpc) is 2.59. The van der Waals surface area contributed by atoms with Gasteiger partial charge in [0.1, 0.15) is 0 Å². The Morgan fingerprint density at radius 3 is 1.69 bits per heavy atom. The second kappa shape index (κ2) is 8.41. The van der Waals surface area contributed by atoms with E-state index in [1.165, 1.54) is 32.1 Å². The van der Waals surface area contributed by atoms with Gasteiger partial charge < -0.3 is 22.9 Å². The Hall–Kier alpha value is -0.160. The van der Waals surface area contributed by atoms with Crippen LogP contribution in [0.1, 0.15) is 92.4 Å². The van der Waals surface area contributed by atoms with Crippen LogP contribution in [0.4, 0.5) is 0 Å². The molecule has 0 amide bonds. The van der Waals surface area contributed by atoms with E-state index in [4.69, 9.17) is 22.9 Å². The summed E-state index contributed by atoms with van der Waals surface area (Å²) in [6.07, 6.45) is 10.6. The van der Waals surface area contributed by atoms with Gasteiger partial charge in [-0.1, -0.05) is 34.6 Å². The summed E-state index contributed by atoms with van der Waals surface area (Å²) in [7, 11) is 0. The lowest BCUT2D eigenvalue weighted by atomic mass is 9.49. The minimum atomic E-state index is -0.131. The molecule has 0 spiro atoms. The zero-order valence-electron chi connectivity index (χ0n) is 19.9. The molecule has 0 aromatic heterocycles. The van der Waals surface area contributed by atoms with Crippen LogP contribution < -0.4 is 22.9 Å². The first-order valence-electron chi connectivity index (χ1n) is 12.4. The quantitative estimate of drug-likeness (QED) is 0.566. The van der Waals surface area contributed by atoms with Crippen molar-refractivity contribution in [2.24, 2.45) is 63.4 Å². The van der Waals surface area contributed by atoms with E-state index in [0.29, 0.717) is 41.7 Å². The maximum absolute atomic E-state index is 7.53. The van der Waals surface area contributed by atoms with Crippen molar-refractivity contribution in [3.63, 3.8) is 0 Å². The molecular formula is C25H50N4. The third kappa shape index (κ3) is 5.02. The standard InChI is InChI=1S/C25H50N4/c1-16-10-18(6-8-20(16)27)22(19-7-9-21(28)17(2)11-19)25(29)13-23(3,4)12-24(5,14-25)15-26/h16-22H,6-15,26-29H2,1-5H3. The topological polar surface area (TPSA) is 104 Å². The normalized spacial score (nSPS) is 49.6. The van der Waals surface area contributed by atoms with E-state index < -0.39 is 0 Å². The molecule has 3 fully saturated rings. The molecule has 0 saturated heterocycles. The summed E-state index contributed by atoms with van der Waals surface area (Å²) in [5.74, 6) is 3.15. The van der Waals surface area contributed by atoms with Gasteiger partial charge in [0.15, 0.2) is 0 Å². The molecule has 3 saturated carbocycles. The third-order valence-corrected chi connectivity index (χ3v) is 9.19. The van der Waals surface area contributed by atoms with Crippen LogP contribution >= 0.6 is 0 Å². The average molecular weight is 407 g/mol. The molecule has 4 nitrogen and oxygen atoms in total. The Morgan fingerprint density at radius 1 is 0.793 bits per heavy atom. The number of hydrogen-bond donors (Lipinski definition) is 4. The maximum atomic E-state index is 7.53. The maximum Gasteiger partial charge on any atom is 0.0199 e. The van der Waals surface area contributed by atoms with E-state index in [9.17, 15) is 0 Å². The van der Waals surface area contributed by atoms with Crippen molar-refractivity contribution in [1.29, 1.82) is 0 Å². The van der Waals surface area contributed by atoms with Gasteiger partial charge in [0, 0.05) is 17.6 Å². The fourth-order valence-electron chi connectivity index (χ4n) is 8.31. The molecule has 0 aliphatic heterocycles. The number of rotatable bonds is 4. The second-order valence-corrected chi connectivity index (χ2v) is 12.9. The summed E-state index contributed by atoms with van der Waals surface area (Å²) >= 11 is 0. The molecule has 0 bridgehead atoms. The summed E-state index contributed by atoms with van der Waals surface area (Å²) in [5, 5.41) is 0. The molecule has 170 valence electrons. The Morgan fingerprint density at radius 2 is 1.28 bits per heavy atom. The van der Waals surface area contributed by atoms with E-state index in [-0.39, 0.29) is 16.4 Å². The molecular weight excluding hydrogens is 356 g/mol. The molecule has 3 aliphatic carbocycles. The first-order chi connectivity index (χ1) is 13.4. The number of hydrogen-bond acceptors (Lipinski definition) is 4. The van der Waals surface area contributed by atoms with Crippen molar-refractivity contribution >= 4 is 0 Å². The van der Waals surface area contributed by atoms with Gasteiger partial charge in [-0.25, -0.2) is 0 Å². The minimum absolute atomic E-state index is 0.131. The van der Waals surface area contributed by atoms with Crippen LogP contribution in [0.15, 0.2) is 0 Å². The van der Waals surface area contributed by atoms with Crippen LogP contribution in [0.25, 0.3) is 0 Å². The van der Waals surface area contributed by atoms with Crippen LogP contribution in [-0.2, 0) is 0 Å². The van der Waals surface area contributed by atoms with Gasteiger partial charge >= 0.3 is 0 Å². The monoisotopic (exact) mass is 406 g/mol. The van der Waals surface area contributed by atoms with Crippen molar-refractivity contribution in [3.05, 3.63) is 0 Å². The Balaban J connectivity index is 1.95. The second-order valence-electron chi connectivity index (χ2n) is 12.9. The molecule has 3 rings (SSSR count). The lowest BCUT2D eigenvalue weighted by Gasteiger charge is -2.59. The molecule has 8 N–H and O–H groups in total. The molecule has 0 aromatic carbocycles. The van der Waals surface area contributed by atoms with Gasteiger partial charge in [0.05, 0.1) is 0 Å². The van der Waals surface area contributed by atoms with Gasteiger partial charge in [-0.05, 0) is 105 Å². The molecule has 3 aliphatic rings. The fourth-order valence-corrected chi connectivity index (χ4v) is 8.31. The van der Waals surface area contributed by atoms with Crippen molar-refractivity contribution in [2.75, 3.05) is 6.54 Å². The highest BCUT2D eigenvalue weighted by atomic mass is 14.8. The lowest BCUT2D eigenvalue weighted by molar-refractivity contribution is -0.0450. The molecule has 8 unspecified atom stereocenters. The van der Waals surface area contributed by atoms with E-state index in [1.807, 2.05) is 0 Å². The van der Waals surface area contributed by atoms with Gasteiger partial charge in [-0.3, -0.25) is 0 Å². The van der Waals surface area contributed by atoms with Crippen LogP contribution in [0.5, 0.6) is 0 Å². The summed E-state index contributed by atoms with van der Waals surface area (Å²) in [5.41, 5.74) is 26.9. The largest absolute Gasteiger partial charge is 0.330 e. The summed E-state index contributed by atoms with van der Waals surface area (Å²) in [4.78, 5) is 0. The third-order valence-electron chi connectivity index (χ3n) is 9.19. The van der Waals surface area contributed by atoms with Gasteiger partial charge in [0.2, 0.25) is 0 Å². The van der Waals surface area contributed by atoms with Crippen LogP contribution in [0, 0.1) is 40.4 Å². The summed E-state index contributed by atoms with van der Waals surface area (Å²) in [6, 6.07) is 0.716. The highest BCUT2D eigenvalue weighted by Crippen LogP contribution is 2.57. The minimum Gasteiger partial charge on any atom is -0.330 e. The molecule has 29 heavy (non-hydrogen) atoms. The molecule has 0 aromatic rings. The van der Waals surface area contributed by atoms with Crippen molar-refractivity contribution in [3.8, 4) is 0 Å². The Kier molecular flexibility index (Phi) is 6.81.